The summed E-state index contributed by atoms with van der Waals surface area (Å²) >= 11 is 0. The molecule has 0 bridgehead atoms. The molecule has 1 amide bonds. The lowest BCUT2D eigenvalue weighted by molar-refractivity contribution is -0.139. The van der Waals surface area contributed by atoms with Crippen molar-refractivity contribution < 1.29 is 49.1 Å². The fourth-order valence-electron chi connectivity index (χ4n) is 5.77. The third kappa shape index (κ3) is 7.91. The van der Waals surface area contributed by atoms with Crippen LogP contribution in [0, 0.1) is 23.4 Å². The molecule has 0 saturated carbocycles. The largest absolute Gasteiger partial charge is 0.480 e. The van der Waals surface area contributed by atoms with Gasteiger partial charge in [-0.05, 0) is 65.2 Å². The van der Waals surface area contributed by atoms with E-state index < -0.39 is 78.8 Å². The van der Waals surface area contributed by atoms with Gasteiger partial charge in [0.05, 0.1) is 21.0 Å². The second kappa shape index (κ2) is 14.7. The zero-order chi connectivity index (χ0) is 38.9. The summed E-state index contributed by atoms with van der Waals surface area (Å²) < 4.78 is 111. The third-order valence-corrected chi connectivity index (χ3v) is 10.8. The molecule has 0 spiro atoms. The van der Waals surface area contributed by atoms with Crippen LogP contribution in [0.3, 0.4) is 0 Å². The molecule has 0 aliphatic heterocycles. The van der Waals surface area contributed by atoms with Crippen molar-refractivity contribution in [2.75, 3.05) is 11.0 Å². The Bertz CT molecular complexity index is 2670. The van der Waals surface area contributed by atoms with Crippen LogP contribution in [0.25, 0.3) is 33.2 Å². The Hall–Kier alpha value is -6.20. The van der Waals surface area contributed by atoms with Gasteiger partial charge in [-0.3, -0.25) is 14.5 Å². The summed E-state index contributed by atoms with van der Waals surface area (Å²) in [6.07, 6.45) is 3.15. The summed E-state index contributed by atoms with van der Waals surface area (Å²) in [5.41, 5.74) is 0.131. The number of aromatic nitrogens is 2. The monoisotopic (exact) mass is 778 g/mol. The number of carbonyl (C=O) groups excluding carboxylic acids is 1. The molecule has 11 nitrogen and oxygen atoms in total. The molecular weight excluding hydrogens is 753 g/mol. The molecule has 0 unspecified atom stereocenters. The molecule has 1 atom stereocenters. The molecular formula is C37H26F4N4O7S2. The summed E-state index contributed by atoms with van der Waals surface area (Å²) in [5.74, 6) is -7.51. The third-order valence-electron chi connectivity index (χ3n) is 8.27. The quantitative estimate of drug-likeness (QED) is 0.103. The number of halogens is 4. The van der Waals surface area contributed by atoms with E-state index in [4.69, 9.17) is 0 Å². The van der Waals surface area contributed by atoms with Crippen LogP contribution in [-0.2, 0) is 31.1 Å². The van der Waals surface area contributed by atoms with Gasteiger partial charge in [-0.15, -0.1) is 0 Å². The van der Waals surface area contributed by atoms with Crippen LogP contribution in [0.4, 0.5) is 23.2 Å². The summed E-state index contributed by atoms with van der Waals surface area (Å²) in [6.45, 7) is 0. The van der Waals surface area contributed by atoms with E-state index in [9.17, 15) is 40.3 Å². The van der Waals surface area contributed by atoms with Crippen molar-refractivity contribution in [3.05, 3.63) is 138 Å². The number of hydrogen-bond acceptors (Lipinski definition) is 8. The Morgan fingerprint density at radius 1 is 0.778 bits per heavy atom. The van der Waals surface area contributed by atoms with Gasteiger partial charge in [-0.25, -0.2) is 39.8 Å². The molecule has 2 aromatic heterocycles. The number of hydrogen-bond donors (Lipinski definition) is 3. The fourth-order valence-corrected chi connectivity index (χ4v) is 7.72. The highest BCUT2D eigenvalue weighted by atomic mass is 32.2. The molecule has 3 N–H and O–H groups in total. The van der Waals surface area contributed by atoms with Gasteiger partial charge in [0.25, 0.3) is 15.9 Å². The summed E-state index contributed by atoms with van der Waals surface area (Å²) in [6, 6.07) is 16.5. The Morgan fingerprint density at radius 2 is 1.46 bits per heavy atom. The van der Waals surface area contributed by atoms with Crippen molar-refractivity contribution in [2.24, 2.45) is 0 Å². The fraction of sp³-hybridized carbons (Fsp3) is 0.0811. The number of amides is 1. The Morgan fingerprint density at radius 3 is 2.11 bits per heavy atom. The zero-order valence-electron chi connectivity index (χ0n) is 27.7. The van der Waals surface area contributed by atoms with Gasteiger partial charge in [0, 0.05) is 47.6 Å². The maximum atomic E-state index is 15.3. The van der Waals surface area contributed by atoms with Gasteiger partial charge in [-0.2, -0.15) is 4.39 Å². The van der Waals surface area contributed by atoms with Gasteiger partial charge in [-0.1, -0.05) is 36.4 Å². The highest BCUT2D eigenvalue weighted by molar-refractivity contribution is 7.92. The first-order valence-electron chi connectivity index (χ1n) is 15.7. The highest BCUT2D eigenvalue weighted by Gasteiger charge is 2.28. The van der Waals surface area contributed by atoms with Gasteiger partial charge in [0.15, 0.2) is 9.84 Å². The minimum Gasteiger partial charge on any atom is -0.480 e. The predicted molar refractivity (Wildman–Crippen MR) is 190 cm³/mol. The maximum absolute atomic E-state index is 15.3. The smallest absolute Gasteiger partial charge is 0.326 e. The lowest BCUT2D eigenvalue weighted by atomic mass is 9.95. The number of anilines is 1. The summed E-state index contributed by atoms with van der Waals surface area (Å²) in [5, 5.41) is 12.4. The molecule has 0 saturated heterocycles. The number of nitrogens with zero attached hydrogens (tertiary/aromatic N) is 2. The van der Waals surface area contributed by atoms with Crippen LogP contribution < -0.4 is 10.0 Å². The average Bonchev–Trinajstić information content (AvgIpc) is 3.10. The molecule has 0 fully saturated rings. The Labute approximate surface area is 305 Å². The average molecular weight is 779 g/mol. The predicted octanol–water partition coefficient (Wildman–Crippen LogP) is 6.15. The van der Waals surface area contributed by atoms with E-state index in [1.54, 1.807) is 6.07 Å². The van der Waals surface area contributed by atoms with Crippen LogP contribution in [0.5, 0.6) is 0 Å². The molecule has 17 heteroatoms. The van der Waals surface area contributed by atoms with Crippen LogP contribution in [-0.4, -0.2) is 56.1 Å². The number of carboxylic acid groups (broad SMARTS) is 1. The molecule has 4 aromatic carbocycles. The number of sulfonamides is 1. The van der Waals surface area contributed by atoms with Crippen molar-refractivity contribution in [2.45, 2.75) is 22.3 Å². The minimum absolute atomic E-state index is 0.144. The summed E-state index contributed by atoms with van der Waals surface area (Å²) in [7, 11) is -8.30. The number of benzene rings is 4. The Balaban J connectivity index is 1.23. The second-order valence-corrected chi connectivity index (χ2v) is 15.6. The number of pyridine rings is 2. The number of carbonyl (C=O) groups is 2. The standard InChI is InChI=1S/C37H26F4N4O7S2/c1-53(49,50)32-17-23(38)7-11-27(32)28-10-6-22(26-3-2-13-43-35(26)28)15-31(37(47)48)44-36(46)34-29(39)18-24(19-30(34)40)45-54(51,52)25-8-4-20(5-9-25)21-12-14-42-33(41)16-21/h2-14,16-19,31,45H,15H2,1H3,(H,44,46)(H,47,48)/t31-/m0/s1. The zero-order valence-corrected chi connectivity index (χ0v) is 29.4. The van der Waals surface area contributed by atoms with Gasteiger partial charge in [0.1, 0.15) is 29.1 Å². The van der Waals surface area contributed by atoms with E-state index in [-0.39, 0.29) is 20.9 Å². The lowest BCUT2D eigenvalue weighted by Crippen LogP contribution is -2.43. The normalized spacial score (nSPS) is 12.3. The molecule has 0 aliphatic carbocycles. The first-order chi connectivity index (χ1) is 25.5. The highest BCUT2D eigenvalue weighted by Crippen LogP contribution is 2.35. The molecule has 0 aliphatic rings. The topological polar surface area (TPSA) is 172 Å². The van der Waals surface area contributed by atoms with Crippen LogP contribution in [0.2, 0.25) is 0 Å². The first-order valence-corrected chi connectivity index (χ1v) is 19.0. The first kappa shape index (κ1) is 37.6. The molecule has 54 heavy (non-hydrogen) atoms. The van der Waals surface area contributed by atoms with E-state index in [0.29, 0.717) is 39.8 Å². The molecule has 2 heterocycles. The molecule has 6 aromatic rings. The van der Waals surface area contributed by atoms with E-state index in [1.165, 1.54) is 67.0 Å². The number of sulfone groups is 1. The van der Waals surface area contributed by atoms with E-state index in [2.05, 4.69) is 15.3 Å². The van der Waals surface area contributed by atoms with E-state index >= 15 is 8.78 Å². The van der Waals surface area contributed by atoms with Crippen molar-refractivity contribution >= 4 is 48.3 Å². The number of nitrogens with one attached hydrogen (secondary N) is 2. The van der Waals surface area contributed by atoms with Crippen molar-refractivity contribution in [1.29, 1.82) is 0 Å². The van der Waals surface area contributed by atoms with Crippen molar-refractivity contribution in [3.8, 4) is 22.3 Å². The Kier molecular flexibility index (Phi) is 10.2. The lowest BCUT2D eigenvalue weighted by Gasteiger charge is -2.18. The number of aliphatic carboxylic acids is 1. The number of carboxylic acids is 1. The molecule has 0 radical (unpaired) electrons. The van der Waals surface area contributed by atoms with E-state index in [1.807, 2.05) is 4.72 Å². The summed E-state index contributed by atoms with van der Waals surface area (Å²) in [4.78, 5) is 32.6. The van der Waals surface area contributed by atoms with Crippen molar-refractivity contribution in [1.82, 2.24) is 15.3 Å². The van der Waals surface area contributed by atoms with Crippen molar-refractivity contribution in [3.63, 3.8) is 0 Å². The number of fused-ring (bicyclic) bond motifs is 1. The maximum Gasteiger partial charge on any atom is 0.326 e. The van der Waals surface area contributed by atoms with Gasteiger partial charge in [0.2, 0.25) is 5.95 Å². The van der Waals surface area contributed by atoms with E-state index in [0.717, 1.165) is 24.5 Å². The molecule has 276 valence electrons. The van der Waals surface area contributed by atoms with Gasteiger partial charge >= 0.3 is 5.97 Å². The second-order valence-electron chi connectivity index (χ2n) is 12.0. The number of rotatable bonds is 11. The van der Waals surface area contributed by atoms with Crippen LogP contribution in [0.1, 0.15) is 15.9 Å². The molecule has 6 rings (SSSR count). The van der Waals surface area contributed by atoms with Gasteiger partial charge < -0.3 is 10.4 Å². The minimum atomic E-state index is -4.40. The van der Waals surface area contributed by atoms with Crippen LogP contribution >= 0.6 is 0 Å². The SMILES string of the molecule is CS(=O)(=O)c1cc(F)ccc1-c1ccc(C[C@H](NC(=O)c2c(F)cc(NS(=O)(=O)c3ccc(-c4ccnc(F)c4)cc3)cc2F)C(=O)O)c2cccnc12. The van der Waals surface area contributed by atoms with Crippen LogP contribution in [0.15, 0.2) is 113 Å².